The molecule has 2 aromatic carbocycles. The van der Waals surface area contributed by atoms with E-state index in [4.69, 9.17) is 0 Å². The number of fused-ring (bicyclic) bond motifs is 5. The minimum atomic E-state index is 0. The van der Waals surface area contributed by atoms with E-state index >= 15 is 0 Å². The number of thioether (sulfide) groups is 1. The van der Waals surface area contributed by atoms with Crippen LogP contribution in [0.4, 0.5) is 0 Å². The first kappa shape index (κ1) is 19.8. The SMILES string of the molecule is Brc1ccc2c(c1)C1=Cc3[c]([Zr+3])cccc3C1S2.[Cl-].[Cl-].[Cl-]. The van der Waals surface area contributed by atoms with Crippen molar-refractivity contribution in [3.8, 4) is 0 Å². The van der Waals surface area contributed by atoms with Crippen molar-refractivity contribution in [1.82, 2.24) is 0 Å². The van der Waals surface area contributed by atoms with Gasteiger partial charge in [0.05, 0.1) is 0 Å². The van der Waals surface area contributed by atoms with Crippen LogP contribution in [0.3, 0.4) is 0 Å². The molecule has 0 bridgehead atoms. The van der Waals surface area contributed by atoms with Gasteiger partial charge >= 0.3 is 135 Å². The smallest absolute Gasteiger partial charge is 1.00 e. The molecule has 2 aromatic rings. The maximum absolute atomic E-state index is 3.58. The van der Waals surface area contributed by atoms with Crippen LogP contribution < -0.4 is 40.5 Å². The zero-order chi connectivity index (χ0) is 12.3. The Bertz CT molecular complexity index is 718. The Hall–Kier alpha value is 0.763. The molecular formula is C15H8BrCl3SZr. The van der Waals surface area contributed by atoms with Crippen LogP contribution in [0.1, 0.15) is 21.9 Å². The van der Waals surface area contributed by atoms with Crippen molar-refractivity contribution >= 4 is 42.6 Å². The van der Waals surface area contributed by atoms with E-state index in [1.165, 1.54) is 59.6 Å². The van der Waals surface area contributed by atoms with Crippen molar-refractivity contribution in [2.24, 2.45) is 0 Å². The van der Waals surface area contributed by atoms with Gasteiger partial charge in [0.25, 0.3) is 0 Å². The van der Waals surface area contributed by atoms with Crippen LogP contribution >= 0.6 is 27.7 Å². The molecule has 106 valence electrons. The third kappa shape index (κ3) is 3.20. The third-order valence-corrected chi connectivity index (χ3v) is 6.42. The van der Waals surface area contributed by atoms with Gasteiger partial charge in [0.15, 0.2) is 0 Å². The fraction of sp³-hybridized carbons (Fsp3) is 0.0667. The molecule has 1 atom stereocenters. The first-order valence-corrected chi connectivity index (χ1v) is 8.67. The molecule has 0 aromatic heterocycles. The molecule has 0 saturated heterocycles. The van der Waals surface area contributed by atoms with Gasteiger partial charge in [-0.3, -0.25) is 0 Å². The van der Waals surface area contributed by atoms with Gasteiger partial charge in [0, 0.05) is 0 Å². The Balaban J connectivity index is 0.000000735. The van der Waals surface area contributed by atoms with Crippen molar-refractivity contribution in [1.29, 1.82) is 0 Å². The number of rotatable bonds is 0. The zero-order valence-corrected chi connectivity index (χ0v) is 17.7. The topological polar surface area (TPSA) is 0 Å². The predicted octanol–water partition coefficient (Wildman–Crippen LogP) is -4.67. The fourth-order valence-corrected chi connectivity index (χ4v) is 5.16. The maximum atomic E-state index is 3.58. The van der Waals surface area contributed by atoms with E-state index in [-0.39, 0.29) is 37.2 Å². The summed E-state index contributed by atoms with van der Waals surface area (Å²) in [5.74, 6) is 0. The van der Waals surface area contributed by atoms with Crippen LogP contribution in [0, 0.1) is 0 Å². The van der Waals surface area contributed by atoms with E-state index in [1.807, 2.05) is 11.8 Å². The number of benzene rings is 2. The van der Waals surface area contributed by atoms with Gasteiger partial charge < -0.3 is 37.2 Å². The van der Waals surface area contributed by atoms with Gasteiger partial charge in [-0.05, 0) is 0 Å². The Morgan fingerprint density at radius 2 is 1.81 bits per heavy atom. The summed E-state index contributed by atoms with van der Waals surface area (Å²) >= 11 is 7.07. The molecule has 2 aliphatic rings. The van der Waals surface area contributed by atoms with Crippen LogP contribution in [0.25, 0.3) is 11.6 Å². The average Bonchev–Trinajstić information content (AvgIpc) is 2.87. The van der Waals surface area contributed by atoms with Crippen molar-refractivity contribution in [3.63, 3.8) is 0 Å². The first-order chi connectivity index (χ1) is 8.74. The van der Waals surface area contributed by atoms with Crippen molar-refractivity contribution in [3.05, 3.63) is 57.6 Å². The van der Waals surface area contributed by atoms with Gasteiger partial charge in [0.1, 0.15) is 0 Å². The summed E-state index contributed by atoms with van der Waals surface area (Å²) in [7, 11) is 0. The molecule has 1 unspecified atom stereocenters. The molecule has 0 spiro atoms. The summed E-state index contributed by atoms with van der Waals surface area (Å²) in [4.78, 5) is 1.41. The van der Waals surface area contributed by atoms with Crippen LogP contribution in [0.15, 0.2) is 45.8 Å². The molecule has 0 nitrogen and oxygen atoms in total. The summed E-state index contributed by atoms with van der Waals surface area (Å²) < 4.78 is 2.64. The Morgan fingerprint density at radius 3 is 2.57 bits per heavy atom. The number of hydrogen-bond acceptors (Lipinski definition) is 1. The van der Waals surface area contributed by atoms with Crippen molar-refractivity contribution in [2.45, 2.75) is 10.1 Å². The summed E-state index contributed by atoms with van der Waals surface area (Å²) in [6.45, 7) is 0. The quantitative estimate of drug-likeness (QED) is 0.353. The summed E-state index contributed by atoms with van der Waals surface area (Å²) in [5, 5.41) is 0.518. The molecule has 0 fully saturated rings. The van der Waals surface area contributed by atoms with Crippen molar-refractivity contribution in [2.75, 3.05) is 0 Å². The molecule has 1 heterocycles. The van der Waals surface area contributed by atoms with Crippen LogP contribution in [-0.4, -0.2) is 0 Å². The normalized spacial score (nSPS) is 16.5. The second-order valence-corrected chi connectivity index (χ2v) is 7.93. The molecule has 1 aliphatic carbocycles. The number of halogens is 4. The van der Waals surface area contributed by atoms with Gasteiger partial charge in [-0.1, -0.05) is 0 Å². The third-order valence-electron chi connectivity index (χ3n) is 3.50. The van der Waals surface area contributed by atoms with Crippen LogP contribution in [0.5, 0.6) is 0 Å². The van der Waals surface area contributed by atoms with Gasteiger partial charge in [-0.25, -0.2) is 0 Å². The minimum Gasteiger partial charge on any atom is -1.00 e. The second kappa shape index (κ2) is 7.55. The van der Waals surface area contributed by atoms with Crippen molar-refractivity contribution < 1.29 is 61.9 Å². The predicted molar refractivity (Wildman–Crippen MR) is 76.7 cm³/mol. The Morgan fingerprint density at radius 1 is 1.05 bits per heavy atom. The molecule has 0 radical (unpaired) electrons. The molecular weight excluding hydrogens is 490 g/mol. The van der Waals surface area contributed by atoms with Gasteiger partial charge in [0.2, 0.25) is 0 Å². The van der Waals surface area contributed by atoms with E-state index in [1.54, 1.807) is 0 Å². The largest absolute Gasteiger partial charge is 1.00 e. The first-order valence-electron chi connectivity index (χ1n) is 5.77. The monoisotopic (exact) mass is 494 g/mol. The van der Waals surface area contributed by atoms with Crippen LogP contribution in [-0.2, 0) is 24.7 Å². The molecule has 0 saturated carbocycles. The maximum Gasteiger partial charge on any atom is -1.00 e. The standard InChI is InChI=1S/C15H8BrS.3ClH.Zr/c16-10-5-6-14-12(8-10)13-7-9-3-1-2-4-11(9)15(13)17-14;;;;/h1-2,4-8,15H;3*1H;/q;;;;+3/p-3. The summed E-state index contributed by atoms with van der Waals surface area (Å²) in [5.41, 5.74) is 5.86. The molecule has 4 rings (SSSR count). The van der Waals surface area contributed by atoms with Gasteiger partial charge in [-0.2, -0.15) is 0 Å². The van der Waals surface area contributed by atoms with Gasteiger partial charge in [-0.15, -0.1) is 0 Å². The minimum absolute atomic E-state index is 0. The zero-order valence-electron chi connectivity index (χ0n) is 10.5. The second-order valence-electron chi connectivity index (χ2n) is 4.55. The number of hydrogen-bond donors (Lipinski definition) is 0. The van der Waals surface area contributed by atoms with E-state index < -0.39 is 0 Å². The summed E-state index contributed by atoms with van der Waals surface area (Å²) in [6, 6.07) is 13.3. The molecule has 21 heavy (non-hydrogen) atoms. The van der Waals surface area contributed by atoms with E-state index in [9.17, 15) is 0 Å². The van der Waals surface area contributed by atoms with E-state index in [0.717, 1.165) is 0 Å². The van der Waals surface area contributed by atoms with E-state index in [2.05, 4.69) is 58.4 Å². The molecule has 0 amide bonds. The molecule has 1 aliphatic heterocycles. The fourth-order valence-electron chi connectivity index (χ4n) is 2.67. The molecule has 6 heteroatoms. The summed E-state index contributed by atoms with van der Waals surface area (Å²) in [6.07, 6.45) is 2.40. The van der Waals surface area contributed by atoms with Crippen LogP contribution in [0.2, 0.25) is 0 Å². The van der Waals surface area contributed by atoms with E-state index in [0.29, 0.717) is 5.25 Å². The molecule has 0 N–H and O–H groups in total. The Kier molecular flexibility index (Phi) is 7.13. The Labute approximate surface area is 170 Å². The average molecular weight is 498 g/mol.